The van der Waals surface area contributed by atoms with E-state index in [0.29, 0.717) is 17.1 Å². The van der Waals surface area contributed by atoms with Gasteiger partial charge in [0.1, 0.15) is 17.2 Å². The SMILES string of the molecule is COc1ccc(C(=O)N/N=C\c2ccc(Oc3ccc([N+](=O)[O-])cc3[N+](=O)[O-])cc2)c(OC)c1. The molecular formula is C22H18N4O8. The van der Waals surface area contributed by atoms with Gasteiger partial charge in [-0.2, -0.15) is 5.10 Å². The summed E-state index contributed by atoms with van der Waals surface area (Å²) in [7, 11) is 2.94. The number of nitro groups is 2. The highest BCUT2D eigenvalue weighted by atomic mass is 16.6. The van der Waals surface area contributed by atoms with Crippen LogP contribution < -0.4 is 19.6 Å². The monoisotopic (exact) mass is 466 g/mol. The summed E-state index contributed by atoms with van der Waals surface area (Å²) in [5, 5.41) is 26.0. The number of non-ortho nitro benzene ring substituents is 1. The number of nitrogens with zero attached hydrogens (tertiary/aromatic N) is 3. The molecule has 0 aliphatic rings. The van der Waals surface area contributed by atoms with Crippen LogP contribution in [0.1, 0.15) is 15.9 Å². The van der Waals surface area contributed by atoms with E-state index in [1.54, 1.807) is 30.3 Å². The zero-order valence-electron chi connectivity index (χ0n) is 18.0. The van der Waals surface area contributed by atoms with Gasteiger partial charge in [0.2, 0.25) is 5.75 Å². The van der Waals surface area contributed by atoms with Crippen LogP contribution in [0.5, 0.6) is 23.0 Å². The molecule has 0 saturated carbocycles. The molecule has 3 rings (SSSR count). The van der Waals surface area contributed by atoms with E-state index in [0.717, 1.165) is 18.2 Å². The minimum atomic E-state index is -0.760. The molecule has 0 fully saturated rings. The number of carbonyl (C=O) groups excluding carboxylic acids is 1. The second-order valence-corrected chi connectivity index (χ2v) is 6.60. The van der Waals surface area contributed by atoms with Gasteiger partial charge in [-0.3, -0.25) is 25.0 Å². The van der Waals surface area contributed by atoms with Gasteiger partial charge in [-0.1, -0.05) is 0 Å². The number of ether oxygens (including phenoxy) is 3. The standard InChI is InChI=1S/C22H18N4O8/c1-32-17-8-9-18(21(12-17)33-2)22(27)24-23-13-14-3-6-16(7-4-14)34-20-10-5-15(25(28)29)11-19(20)26(30)31/h3-13H,1-2H3,(H,24,27)/b23-13-. The molecule has 174 valence electrons. The summed E-state index contributed by atoms with van der Waals surface area (Å²) >= 11 is 0. The Morgan fingerprint density at radius 2 is 1.59 bits per heavy atom. The summed E-state index contributed by atoms with van der Waals surface area (Å²) in [6.45, 7) is 0. The maximum absolute atomic E-state index is 12.4. The molecule has 0 heterocycles. The first-order chi connectivity index (χ1) is 16.3. The van der Waals surface area contributed by atoms with Crippen molar-refractivity contribution in [2.24, 2.45) is 5.10 Å². The normalized spacial score (nSPS) is 10.5. The number of hydrogen-bond acceptors (Lipinski definition) is 9. The third-order valence-corrected chi connectivity index (χ3v) is 4.49. The number of amides is 1. The number of hydrogen-bond donors (Lipinski definition) is 1. The summed E-state index contributed by atoms with van der Waals surface area (Å²) in [5.41, 5.74) is 2.33. The summed E-state index contributed by atoms with van der Waals surface area (Å²) in [5.74, 6) is 0.507. The van der Waals surface area contributed by atoms with Gasteiger partial charge < -0.3 is 14.2 Å². The summed E-state index contributed by atoms with van der Waals surface area (Å²) in [4.78, 5) is 32.9. The molecule has 1 amide bonds. The molecule has 0 bridgehead atoms. The lowest BCUT2D eigenvalue weighted by molar-refractivity contribution is -0.394. The lowest BCUT2D eigenvalue weighted by Crippen LogP contribution is -2.18. The van der Waals surface area contributed by atoms with Crippen LogP contribution in [0.25, 0.3) is 0 Å². The summed E-state index contributed by atoms with van der Waals surface area (Å²) in [6.07, 6.45) is 1.39. The Morgan fingerprint density at radius 1 is 0.882 bits per heavy atom. The lowest BCUT2D eigenvalue weighted by atomic mass is 10.2. The van der Waals surface area contributed by atoms with E-state index in [1.165, 1.54) is 32.6 Å². The maximum atomic E-state index is 12.4. The van der Waals surface area contributed by atoms with Crippen LogP contribution in [0, 0.1) is 20.2 Å². The van der Waals surface area contributed by atoms with E-state index in [2.05, 4.69) is 10.5 Å². The van der Waals surface area contributed by atoms with Crippen molar-refractivity contribution in [3.8, 4) is 23.0 Å². The van der Waals surface area contributed by atoms with E-state index in [-0.39, 0.29) is 17.1 Å². The molecule has 0 aliphatic carbocycles. The highest BCUT2D eigenvalue weighted by molar-refractivity contribution is 5.97. The minimum Gasteiger partial charge on any atom is -0.497 e. The predicted octanol–water partition coefficient (Wildman–Crippen LogP) is 4.08. The van der Waals surface area contributed by atoms with Crippen molar-refractivity contribution >= 4 is 23.5 Å². The van der Waals surface area contributed by atoms with Crippen molar-refractivity contribution in [1.82, 2.24) is 5.43 Å². The van der Waals surface area contributed by atoms with Crippen LogP contribution in [0.15, 0.2) is 65.8 Å². The van der Waals surface area contributed by atoms with Gasteiger partial charge in [0.15, 0.2) is 0 Å². The predicted molar refractivity (Wildman–Crippen MR) is 121 cm³/mol. The van der Waals surface area contributed by atoms with Gasteiger partial charge in [-0.25, -0.2) is 5.43 Å². The molecule has 0 saturated heterocycles. The number of nitrogens with one attached hydrogen (secondary N) is 1. The van der Waals surface area contributed by atoms with E-state index in [9.17, 15) is 25.0 Å². The molecule has 12 nitrogen and oxygen atoms in total. The Hall–Kier alpha value is -5.00. The van der Waals surface area contributed by atoms with Crippen molar-refractivity contribution in [2.45, 2.75) is 0 Å². The lowest BCUT2D eigenvalue weighted by Gasteiger charge is -2.09. The second-order valence-electron chi connectivity index (χ2n) is 6.60. The van der Waals surface area contributed by atoms with Crippen LogP contribution in [-0.4, -0.2) is 36.2 Å². The number of hydrazone groups is 1. The number of benzene rings is 3. The molecule has 0 atom stereocenters. The van der Waals surface area contributed by atoms with E-state index in [1.807, 2.05) is 0 Å². The largest absolute Gasteiger partial charge is 0.497 e. The van der Waals surface area contributed by atoms with Crippen LogP contribution >= 0.6 is 0 Å². The summed E-state index contributed by atoms with van der Waals surface area (Å²) in [6, 6.07) is 14.1. The van der Waals surface area contributed by atoms with Gasteiger partial charge in [-0.05, 0) is 48.0 Å². The highest BCUT2D eigenvalue weighted by Gasteiger charge is 2.21. The molecule has 1 N–H and O–H groups in total. The van der Waals surface area contributed by atoms with Crippen molar-refractivity contribution in [1.29, 1.82) is 0 Å². The van der Waals surface area contributed by atoms with Crippen molar-refractivity contribution in [3.05, 3.63) is 92.0 Å². The number of carbonyl (C=O) groups is 1. The zero-order chi connectivity index (χ0) is 24.7. The fourth-order valence-electron chi connectivity index (χ4n) is 2.81. The molecule has 3 aromatic rings. The zero-order valence-corrected chi connectivity index (χ0v) is 18.0. The molecule has 12 heteroatoms. The Balaban J connectivity index is 1.67. The Labute approximate surface area is 192 Å². The van der Waals surface area contributed by atoms with Crippen LogP contribution in [-0.2, 0) is 0 Å². The Morgan fingerprint density at radius 3 is 2.21 bits per heavy atom. The molecule has 0 unspecified atom stereocenters. The van der Waals surface area contributed by atoms with Crippen molar-refractivity contribution in [2.75, 3.05) is 14.2 Å². The molecule has 0 radical (unpaired) electrons. The van der Waals surface area contributed by atoms with Crippen LogP contribution in [0.2, 0.25) is 0 Å². The topological polar surface area (TPSA) is 155 Å². The molecule has 0 aliphatic heterocycles. The fraction of sp³-hybridized carbons (Fsp3) is 0.0909. The Kier molecular flexibility index (Phi) is 7.34. The molecule has 34 heavy (non-hydrogen) atoms. The molecule has 0 spiro atoms. The molecule has 3 aromatic carbocycles. The molecular weight excluding hydrogens is 448 g/mol. The van der Waals surface area contributed by atoms with Gasteiger partial charge in [0.05, 0.1) is 41.9 Å². The van der Waals surface area contributed by atoms with Crippen LogP contribution in [0.4, 0.5) is 11.4 Å². The quantitative estimate of drug-likeness (QED) is 0.281. The van der Waals surface area contributed by atoms with Gasteiger partial charge in [0, 0.05) is 12.1 Å². The van der Waals surface area contributed by atoms with E-state index in [4.69, 9.17) is 14.2 Å². The first-order valence-electron chi connectivity index (χ1n) is 9.58. The van der Waals surface area contributed by atoms with Gasteiger partial charge >= 0.3 is 5.69 Å². The number of nitro benzene ring substituents is 2. The average molecular weight is 466 g/mol. The second kappa shape index (κ2) is 10.5. The van der Waals surface area contributed by atoms with E-state index < -0.39 is 27.1 Å². The third-order valence-electron chi connectivity index (χ3n) is 4.49. The van der Waals surface area contributed by atoms with Gasteiger partial charge in [0.25, 0.3) is 11.6 Å². The van der Waals surface area contributed by atoms with Crippen molar-refractivity contribution in [3.63, 3.8) is 0 Å². The maximum Gasteiger partial charge on any atom is 0.318 e. The number of methoxy groups -OCH3 is 2. The fourth-order valence-corrected chi connectivity index (χ4v) is 2.81. The third kappa shape index (κ3) is 5.62. The van der Waals surface area contributed by atoms with Crippen molar-refractivity contribution < 1.29 is 28.9 Å². The highest BCUT2D eigenvalue weighted by Crippen LogP contribution is 2.34. The van der Waals surface area contributed by atoms with Gasteiger partial charge in [-0.15, -0.1) is 0 Å². The van der Waals surface area contributed by atoms with Crippen LogP contribution in [0.3, 0.4) is 0 Å². The first kappa shape index (κ1) is 23.7. The smallest absolute Gasteiger partial charge is 0.318 e. The molecule has 0 aromatic heterocycles. The average Bonchev–Trinajstić information content (AvgIpc) is 2.84. The number of rotatable bonds is 9. The summed E-state index contributed by atoms with van der Waals surface area (Å²) < 4.78 is 15.8. The first-order valence-corrected chi connectivity index (χ1v) is 9.58. The van der Waals surface area contributed by atoms with E-state index >= 15 is 0 Å². The minimum absolute atomic E-state index is 0.141. The Bertz CT molecular complexity index is 1260.